The monoisotopic (exact) mass is 831 g/mol. The number of alkyl halides is 5. The van der Waals surface area contributed by atoms with Crippen molar-refractivity contribution in [1.82, 2.24) is 35.7 Å². The van der Waals surface area contributed by atoms with Gasteiger partial charge in [-0.25, -0.2) is 18.7 Å². The highest BCUT2D eigenvalue weighted by atomic mass is 32.1. The lowest BCUT2D eigenvalue weighted by Crippen LogP contribution is -2.35. The molecule has 4 atom stereocenters. The number of halogens is 7. The summed E-state index contributed by atoms with van der Waals surface area (Å²) in [4.78, 5) is 48.8. The fraction of sp³-hybridized carbons (Fsp3) is 0.268. The van der Waals surface area contributed by atoms with E-state index < -0.39 is 76.9 Å². The summed E-state index contributed by atoms with van der Waals surface area (Å²) in [6.45, 7) is 1.09. The van der Waals surface area contributed by atoms with Gasteiger partial charge in [-0.05, 0) is 64.9 Å². The van der Waals surface area contributed by atoms with Gasteiger partial charge in [0.05, 0.1) is 16.4 Å². The largest absolute Gasteiger partial charge is 0.435 e. The van der Waals surface area contributed by atoms with Gasteiger partial charge >= 0.3 is 6.18 Å². The summed E-state index contributed by atoms with van der Waals surface area (Å²) >= 11 is 1.25. The maximum absolute atomic E-state index is 15.7. The molecule has 0 radical (unpaired) electrons. The molecule has 0 saturated heterocycles. The average Bonchev–Trinajstić information content (AvgIpc) is 3.70. The number of rotatable bonds is 8. The van der Waals surface area contributed by atoms with Crippen LogP contribution < -0.4 is 16.0 Å². The smallest absolute Gasteiger partial charge is 0.348 e. The Hall–Kier alpha value is -6.17. The van der Waals surface area contributed by atoms with Crippen LogP contribution in [0.2, 0.25) is 0 Å². The first-order valence-electron chi connectivity index (χ1n) is 18.5. The highest BCUT2D eigenvalue weighted by Crippen LogP contribution is 2.71. The Kier molecular flexibility index (Phi) is 8.13. The third-order valence-electron chi connectivity index (χ3n) is 11.6. The summed E-state index contributed by atoms with van der Waals surface area (Å²) in [5.74, 6) is -10.2. The average molecular weight is 832 g/mol. The van der Waals surface area contributed by atoms with Crippen LogP contribution in [0.3, 0.4) is 0 Å². The Labute approximate surface area is 332 Å². The Morgan fingerprint density at radius 3 is 2.22 bits per heavy atom. The van der Waals surface area contributed by atoms with Gasteiger partial charge in [0.2, 0.25) is 5.91 Å². The molecule has 1 unspecified atom stereocenters. The van der Waals surface area contributed by atoms with E-state index in [0.717, 1.165) is 23.3 Å². The molecule has 3 amide bonds. The molecule has 3 N–H and O–H groups in total. The molecule has 1 fully saturated rings. The number of benzene rings is 3. The summed E-state index contributed by atoms with van der Waals surface area (Å²) in [5, 5.41) is 12.2. The summed E-state index contributed by atoms with van der Waals surface area (Å²) < 4.78 is 104. The summed E-state index contributed by atoms with van der Waals surface area (Å²) in [5.41, 5.74) is 1.16. The molecule has 2 aliphatic carbocycles. The van der Waals surface area contributed by atoms with E-state index in [9.17, 15) is 36.3 Å². The molecule has 59 heavy (non-hydrogen) atoms. The van der Waals surface area contributed by atoms with Crippen molar-refractivity contribution in [2.75, 3.05) is 0 Å². The fourth-order valence-corrected chi connectivity index (χ4v) is 9.81. The van der Waals surface area contributed by atoms with Gasteiger partial charge in [0, 0.05) is 58.8 Å². The molecule has 3 aromatic heterocycles. The van der Waals surface area contributed by atoms with E-state index in [0.29, 0.717) is 61.4 Å². The second-order valence-corrected chi connectivity index (χ2v) is 16.3. The Balaban J connectivity index is 1.10. The van der Waals surface area contributed by atoms with Crippen molar-refractivity contribution < 1.29 is 45.1 Å². The normalized spacial score (nSPS) is 20.2. The first-order chi connectivity index (χ1) is 28.0. The summed E-state index contributed by atoms with van der Waals surface area (Å²) in [6.07, 6.45) is -5.39. The fourth-order valence-electron chi connectivity index (χ4n) is 8.87. The SMILES string of the molecule is C[C@H]1C2[C@H]1c1c(C(F)(F)F)nn(CC(=O)N[C@@H](Cc3cc(F)cc(F)c3)c3nc4nc(-c5ccc6c(c5)C(=O)NC6)sc4cc3-c3ccc4c(c3)C(=O)NC4)c1C2(F)F. The molecule has 2 aliphatic heterocycles. The number of amides is 3. The molecule has 4 aliphatic rings. The van der Waals surface area contributed by atoms with Crippen molar-refractivity contribution in [3.05, 3.63) is 123 Å². The first-order valence-corrected chi connectivity index (χ1v) is 19.3. The predicted octanol–water partition coefficient (Wildman–Crippen LogP) is 7.56. The van der Waals surface area contributed by atoms with E-state index in [2.05, 4.69) is 21.0 Å². The summed E-state index contributed by atoms with van der Waals surface area (Å²) in [6, 6.07) is 13.6. The second kappa shape index (κ2) is 12.9. The minimum absolute atomic E-state index is 0.0595. The molecule has 3 aromatic carbocycles. The first kappa shape index (κ1) is 37.1. The van der Waals surface area contributed by atoms with Gasteiger partial charge in [-0.2, -0.15) is 27.1 Å². The van der Waals surface area contributed by atoms with Crippen molar-refractivity contribution >= 4 is 39.4 Å². The molecule has 10 rings (SSSR count). The molecule has 0 spiro atoms. The van der Waals surface area contributed by atoms with E-state index in [1.165, 1.54) is 18.3 Å². The third-order valence-corrected chi connectivity index (χ3v) is 12.6. The highest BCUT2D eigenvalue weighted by Gasteiger charge is 2.72. The van der Waals surface area contributed by atoms with Crippen LogP contribution in [0, 0.1) is 23.5 Å². The van der Waals surface area contributed by atoms with E-state index in [1.807, 2.05) is 12.1 Å². The number of carbonyl (C=O) groups excluding carboxylic acids is 3. The number of hydrogen-bond donors (Lipinski definition) is 3. The quantitative estimate of drug-likeness (QED) is 0.136. The van der Waals surface area contributed by atoms with Crippen LogP contribution in [0.5, 0.6) is 0 Å². The predicted molar refractivity (Wildman–Crippen MR) is 198 cm³/mol. The molecule has 0 bridgehead atoms. The van der Waals surface area contributed by atoms with Gasteiger partial charge < -0.3 is 16.0 Å². The third kappa shape index (κ3) is 6.05. The van der Waals surface area contributed by atoms with Crippen LogP contribution in [0.25, 0.3) is 32.0 Å². The van der Waals surface area contributed by atoms with Crippen molar-refractivity contribution in [3.8, 4) is 21.7 Å². The van der Waals surface area contributed by atoms with Crippen LogP contribution in [0.1, 0.15) is 78.9 Å². The number of hydrogen-bond acceptors (Lipinski definition) is 7. The number of thiazole rings is 1. The zero-order valence-electron chi connectivity index (χ0n) is 30.5. The molecular weight excluding hydrogens is 804 g/mol. The minimum atomic E-state index is -5.07. The van der Waals surface area contributed by atoms with Gasteiger partial charge in [0.1, 0.15) is 28.9 Å². The molecule has 1 saturated carbocycles. The van der Waals surface area contributed by atoms with Gasteiger partial charge in [-0.3, -0.25) is 19.1 Å². The molecule has 5 heterocycles. The molecule has 18 heteroatoms. The number of nitrogens with zero attached hydrogens (tertiary/aromatic N) is 4. The lowest BCUT2D eigenvalue weighted by Gasteiger charge is -2.23. The zero-order chi connectivity index (χ0) is 41.3. The van der Waals surface area contributed by atoms with E-state index >= 15 is 8.78 Å². The molecular formula is C41H28F7N7O3S. The summed E-state index contributed by atoms with van der Waals surface area (Å²) in [7, 11) is 0. The Morgan fingerprint density at radius 1 is 0.915 bits per heavy atom. The number of pyridine rings is 1. The van der Waals surface area contributed by atoms with E-state index in [4.69, 9.17) is 9.97 Å². The van der Waals surface area contributed by atoms with Crippen molar-refractivity contribution in [3.63, 3.8) is 0 Å². The van der Waals surface area contributed by atoms with Gasteiger partial charge in [-0.1, -0.05) is 31.2 Å². The highest BCUT2D eigenvalue weighted by molar-refractivity contribution is 7.21. The number of fused-ring (bicyclic) bond motifs is 6. The van der Waals surface area contributed by atoms with Crippen molar-refractivity contribution in [2.45, 2.75) is 57.0 Å². The molecule has 10 nitrogen and oxygen atoms in total. The number of carbonyl (C=O) groups is 3. The van der Waals surface area contributed by atoms with E-state index in [-0.39, 0.29) is 35.1 Å². The topological polar surface area (TPSA) is 131 Å². The van der Waals surface area contributed by atoms with Crippen molar-refractivity contribution in [1.29, 1.82) is 0 Å². The standard InChI is InChI=1S/C41H28F7N7O3S/c1-16-30-31-34(41(46,47)48)54-55(35(31)40(44,45)32(16)30)15-29(56)51-27(8-17-6-22(42)11-23(43)7-17)33-24(18-2-4-20-13-49-37(57)25(20)9-18)12-28-36(52-33)53-39(59-28)19-3-5-21-14-50-38(58)26(21)10-19/h2-7,9-12,16,27,30,32H,8,13-15H2,1H3,(H,49,57)(H,50,58)(H,51,56)/t16-,27+,30-,32?/m1/s1. The lowest BCUT2D eigenvalue weighted by molar-refractivity contribution is -0.142. The maximum atomic E-state index is 15.7. The van der Waals surface area contributed by atoms with Crippen LogP contribution in [-0.4, -0.2) is 37.5 Å². The Bertz CT molecular complexity index is 2820. The zero-order valence-corrected chi connectivity index (χ0v) is 31.3. The van der Waals surface area contributed by atoms with Gasteiger partial charge in [-0.15, -0.1) is 11.3 Å². The van der Waals surface area contributed by atoms with Gasteiger partial charge in [0.25, 0.3) is 17.7 Å². The van der Waals surface area contributed by atoms with Crippen LogP contribution in [-0.2, 0) is 42.9 Å². The van der Waals surface area contributed by atoms with Crippen LogP contribution in [0.4, 0.5) is 30.7 Å². The van der Waals surface area contributed by atoms with Gasteiger partial charge in [0.15, 0.2) is 11.3 Å². The van der Waals surface area contributed by atoms with Crippen LogP contribution in [0.15, 0.2) is 60.7 Å². The lowest BCUT2D eigenvalue weighted by atomic mass is 9.93. The molecule has 300 valence electrons. The van der Waals surface area contributed by atoms with E-state index in [1.54, 1.807) is 30.3 Å². The number of nitrogens with one attached hydrogen (secondary N) is 3. The minimum Gasteiger partial charge on any atom is -0.348 e. The Morgan fingerprint density at radius 2 is 1.56 bits per heavy atom. The maximum Gasteiger partial charge on any atom is 0.435 e. The molecule has 6 aromatic rings. The van der Waals surface area contributed by atoms with Crippen LogP contribution >= 0.6 is 11.3 Å². The number of aromatic nitrogens is 4. The van der Waals surface area contributed by atoms with Crippen molar-refractivity contribution in [2.24, 2.45) is 11.8 Å². The second-order valence-electron chi connectivity index (χ2n) is 15.3.